The molecule has 7 nitrogen and oxygen atoms in total. The molecule has 3 saturated heterocycles. The summed E-state index contributed by atoms with van der Waals surface area (Å²) >= 11 is 0. The number of nitrogens with zero attached hydrogens (tertiary/aromatic N) is 5. The first-order chi connectivity index (χ1) is 11.7. The highest BCUT2D eigenvalue weighted by Gasteiger charge is 2.43. The molecule has 0 aromatic carbocycles. The van der Waals surface area contributed by atoms with Gasteiger partial charge in [-0.2, -0.15) is 0 Å². The predicted molar refractivity (Wildman–Crippen MR) is 89.7 cm³/mol. The van der Waals surface area contributed by atoms with E-state index in [1.807, 2.05) is 11.0 Å². The van der Waals surface area contributed by atoms with Gasteiger partial charge in [-0.15, -0.1) is 0 Å². The SMILES string of the molecule is CN1CCN(C(=O)[C@@H]2C[C@@H]3CCN(c4ccncn4)C[C@H]3O2)CC1. The minimum absolute atomic E-state index is 0.134. The number of piperidine rings is 1. The summed E-state index contributed by atoms with van der Waals surface area (Å²) in [7, 11) is 2.10. The summed E-state index contributed by atoms with van der Waals surface area (Å²) in [5, 5.41) is 0. The van der Waals surface area contributed by atoms with Crippen molar-refractivity contribution in [3.05, 3.63) is 18.6 Å². The van der Waals surface area contributed by atoms with E-state index >= 15 is 0 Å². The lowest BCUT2D eigenvalue weighted by molar-refractivity contribution is -0.144. The Bertz CT molecular complexity index is 576. The summed E-state index contributed by atoms with van der Waals surface area (Å²) in [5.41, 5.74) is 0. The standard InChI is InChI=1S/C17H25N5O2/c1-20-6-8-21(9-7-20)17(23)14-10-13-3-5-22(11-15(13)24-14)16-2-4-18-12-19-16/h2,4,12-15H,3,5-11H2,1H3/t13-,14-,15+/m0/s1. The molecule has 4 heterocycles. The Morgan fingerprint density at radius 2 is 2.08 bits per heavy atom. The molecule has 0 aliphatic carbocycles. The molecule has 0 unspecified atom stereocenters. The van der Waals surface area contributed by atoms with E-state index in [1.165, 1.54) is 0 Å². The monoisotopic (exact) mass is 331 g/mol. The van der Waals surface area contributed by atoms with E-state index in [9.17, 15) is 4.79 Å². The van der Waals surface area contributed by atoms with Crippen LogP contribution in [0.2, 0.25) is 0 Å². The Hall–Kier alpha value is -1.73. The zero-order chi connectivity index (χ0) is 16.5. The lowest BCUT2D eigenvalue weighted by atomic mass is 9.91. The lowest BCUT2D eigenvalue weighted by Gasteiger charge is -2.35. The van der Waals surface area contributed by atoms with Crippen molar-refractivity contribution in [2.24, 2.45) is 5.92 Å². The number of hydrogen-bond donors (Lipinski definition) is 0. The third kappa shape index (κ3) is 3.10. The van der Waals surface area contributed by atoms with Crippen molar-refractivity contribution in [3.8, 4) is 0 Å². The van der Waals surface area contributed by atoms with Crippen LogP contribution in [0.25, 0.3) is 0 Å². The van der Waals surface area contributed by atoms with Gasteiger partial charge in [0.05, 0.1) is 6.10 Å². The molecule has 24 heavy (non-hydrogen) atoms. The van der Waals surface area contributed by atoms with E-state index in [0.29, 0.717) is 5.92 Å². The molecule has 7 heteroatoms. The first-order valence-corrected chi connectivity index (χ1v) is 8.84. The van der Waals surface area contributed by atoms with Crippen LogP contribution in [0.4, 0.5) is 5.82 Å². The molecule has 0 N–H and O–H groups in total. The predicted octanol–water partition coefficient (Wildman–Crippen LogP) is 0.234. The Balaban J connectivity index is 1.37. The fraction of sp³-hybridized carbons (Fsp3) is 0.706. The van der Waals surface area contributed by atoms with Crippen LogP contribution < -0.4 is 4.90 Å². The van der Waals surface area contributed by atoms with Crippen LogP contribution >= 0.6 is 0 Å². The van der Waals surface area contributed by atoms with Crippen LogP contribution in [-0.4, -0.2) is 84.2 Å². The van der Waals surface area contributed by atoms with Crippen LogP contribution in [0.15, 0.2) is 18.6 Å². The Labute approximate surface area is 142 Å². The lowest BCUT2D eigenvalue weighted by Crippen LogP contribution is -2.50. The van der Waals surface area contributed by atoms with Gasteiger partial charge in [0.2, 0.25) is 0 Å². The molecule has 3 atom stereocenters. The summed E-state index contributed by atoms with van der Waals surface area (Å²) in [6.07, 6.45) is 5.15. The molecule has 1 aromatic heterocycles. The molecule has 3 aliphatic heterocycles. The van der Waals surface area contributed by atoms with Gasteiger partial charge in [-0.25, -0.2) is 9.97 Å². The number of aromatic nitrogens is 2. The van der Waals surface area contributed by atoms with E-state index in [0.717, 1.165) is 57.9 Å². The number of fused-ring (bicyclic) bond motifs is 1. The highest BCUT2D eigenvalue weighted by atomic mass is 16.5. The quantitative estimate of drug-likeness (QED) is 0.773. The molecule has 0 bridgehead atoms. The third-order valence-electron chi connectivity index (χ3n) is 5.53. The van der Waals surface area contributed by atoms with Gasteiger partial charge in [-0.3, -0.25) is 4.79 Å². The van der Waals surface area contributed by atoms with Crippen molar-refractivity contribution >= 4 is 11.7 Å². The van der Waals surface area contributed by atoms with E-state index in [4.69, 9.17) is 4.74 Å². The third-order valence-corrected chi connectivity index (χ3v) is 5.53. The summed E-state index contributed by atoms with van der Waals surface area (Å²) in [6.45, 7) is 5.32. The molecule has 130 valence electrons. The number of rotatable bonds is 2. The van der Waals surface area contributed by atoms with E-state index in [2.05, 4.69) is 26.8 Å². The van der Waals surface area contributed by atoms with Gasteiger partial charge < -0.3 is 19.4 Å². The molecule has 3 fully saturated rings. The van der Waals surface area contributed by atoms with Gasteiger partial charge in [-0.05, 0) is 31.9 Å². The number of likely N-dealkylation sites (N-methyl/N-ethyl adjacent to an activating group) is 1. The average Bonchev–Trinajstić information content (AvgIpc) is 3.06. The Kier molecular flexibility index (Phi) is 4.37. The van der Waals surface area contributed by atoms with Crippen LogP contribution in [0, 0.1) is 5.92 Å². The minimum Gasteiger partial charge on any atom is -0.363 e. The zero-order valence-electron chi connectivity index (χ0n) is 14.2. The van der Waals surface area contributed by atoms with Crippen molar-refractivity contribution in [3.63, 3.8) is 0 Å². The van der Waals surface area contributed by atoms with Crippen molar-refractivity contribution in [2.45, 2.75) is 25.0 Å². The number of hydrogen-bond acceptors (Lipinski definition) is 6. The topological polar surface area (TPSA) is 61.8 Å². The molecule has 0 spiro atoms. The van der Waals surface area contributed by atoms with Gasteiger partial charge in [0.1, 0.15) is 18.2 Å². The van der Waals surface area contributed by atoms with Crippen molar-refractivity contribution in [1.29, 1.82) is 0 Å². The molecule has 1 aromatic rings. The highest BCUT2D eigenvalue weighted by molar-refractivity contribution is 5.81. The van der Waals surface area contributed by atoms with Gasteiger partial charge in [0.15, 0.2) is 0 Å². The molecule has 0 radical (unpaired) electrons. The van der Waals surface area contributed by atoms with Crippen molar-refractivity contribution in [2.75, 3.05) is 51.2 Å². The second-order valence-corrected chi connectivity index (χ2v) is 7.09. The number of ether oxygens (including phenoxy) is 1. The van der Waals surface area contributed by atoms with Crippen LogP contribution in [-0.2, 0) is 9.53 Å². The second-order valence-electron chi connectivity index (χ2n) is 7.09. The largest absolute Gasteiger partial charge is 0.363 e. The van der Waals surface area contributed by atoms with Gasteiger partial charge in [0, 0.05) is 45.5 Å². The summed E-state index contributed by atoms with van der Waals surface area (Å²) in [4.78, 5) is 27.5. The Morgan fingerprint density at radius 1 is 1.25 bits per heavy atom. The first-order valence-electron chi connectivity index (χ1n) is 8.84. The smallest absolute Gasteiger partial charge is 0.251 e. The van der Waals surface area contributed by atoms with Crippen LogP contribution in [0.1, 0.15) is 12.8 Å². The summed E-state index contributed by atoms with van der Waals surface area (Å²) in [5.74, 6) is 1.62. The highest BCUT2D eigenvalue weighted by Crippen LogP contribution is 2.35. The maximum absolute atomic E-state index is 12.8. The first kappa shape index (κ1) is 15.8. The van der Waals surface area contributed by atoms with Gasteiger partial charge >= 0.3 is 0 Å². The summed E-state index contributed by atoms with van der Waals surface area (Å²) < 4.78 is 6.17. The Morgan fingerprint density at radius 3 is 2.83 bits per heavy atom. The van der Waals surface area contributed by atoms with Crippen molar-refractivity contribution < 1.29 is 9.53 Å². The van der Waals surface area contributed by atoms with E-state index in [1.54, 1.807) is 12.5 Å². The molecule has 1 amide bonds. The van der Waals surface area contributed by atoms with Crippen LogP contribution in [0.3, 0.4) is 0 Å². The molecule has 4 rings (SSSR count). The average molecular weight is 331 g/mol. The van der Waals surface area contributed by atoms with Gasteiger partial charge in [0.25, 0.3) is 5.91 Å². The second kappa shape index (κ2) is 6.64. The fourth-order valence-electron chi connectivity index (χ4n) is 4.00. The van der Waals surface area contributed by atoms with Crippen molar-refractivity contribution in [1.82, 2.24) is 19.8 Å². The maximum atomic E-state index is 12.8. The maximum Gasteiger partial charge on any atom is 0.251 e. The summed E-state index contributed by atoms with van der Waals surface area (Å²) in [6, 6.07) is 1.93. The number of amides is 1. The number of anilines is 1. The normalized spacial score (nSPS) is 31.1. The molecule has 3 aliphatic rings. The number of carbonyl (C=O) groups excluding carboxylic acids is 1. The molecule has 0 saturated carbocycles. The molecular weight excluding hydrogens is 306 g/mol. The number of piperazine rings is 1. The number of carbonyl (C=O) groups is 1. The van der Waals surface area contributed by atoms with E-state index in [-0.39, 0.29) is 18.1 Å². The fourth-order valence-corrected chi connectivity index (χ4v) is 4.00. The van der Waals surface area contributed by atoms with Gasteiger partial charge in [-0.1, -0.05) is 0 Å². The minimum atomic E-state index is -0.256. The van der Waals surface area contributed by atoms with Crippen LogP contribution in [0.5, 0.6) is 0 Å². The zero-order valence-corrected chi connectivity index (χ0v) is 14.2. The molecular formula is C17H25N5O2. The van der Waals surface area contributed by atoms with E-state index < -0.39 is 0 Å².